The molecule has 0 aliphatic heterocycles. The monoisotopic (exact) mass is 266 g/mol. The summed E-state index contributed by atoms with van der Waals surface area (Å²) in [5.41, 5.74) is 3.78. The van der Waals surface area contributed by atoms with Crippen molar-refractivity contribution < 1.29 is 4.74 Å². The van der Waals surface area contributed by atoms with Crippen molar-refractivity contribution in [3.63, 3.8) is 0 Å². The van der Waals surface area contributed by atoms with Gasteiger partial charge in [-0.2, -0.15) is 0 Å². The van der Waals surface area contributed by atoms with Gasteiger partial charge >= 0.3 is 0 Å². The highest BCUT2D eigenvalue weighted by atomic mass is 16.5. The lowest BCUT2D eigenvalue weighted by Gasteiger charge is -2.08. The van der Waals surface area contributed by atoms with Crippen LogP contribution in [0, 0.1) is 13.3 Å². The number of hydrogen-bond acceptors (Lipinski definition) is 1. The van der Waals surface area contributed by atoms with Gasteiger partial charge in [0, 0.05) is 0 Å². The van der Waals surface area contributed by atoms with Crippen LogP contribution in [0.25, 0.3) is 0 Å². The number of benzene rings is 2. The highest BCUT2D eigenvalue weighted by molar-refractivity contribution is 5.37. The van der Waals surface area contributed by atoms with E-state index in [2.05, 4.69) is 49.7 Å². The molecule has 0 spiro atoms. The Hall–Kier alpha value is -1.76. The van der Waals surface area contributed by atoms with E-state index >= 15 is 0 Å². The van der Waals surface area contributed by atoms with E-state index in [0.29, 0.717) is 0 Å². The zero-order valence-electron chi connectivity index (χ0n) is 12.1. The van der Waals surface area contributed by atoms with Crippen molar-refractivity contribution >= 4 is 0 Å². The number of aryl methyl sites for hydroxylation is 1. The third-order valence-corrected chi connectivity index (χ3v) is 3.49. The van der Waals surface area contributed by atoms with Crippen molar-refractivity contribution in [3.8, 4) is 5.75 Å². The van der Waals surface area contributed by atoms with Gasteiger partial charge in [-0.05, 0) is 67.9 Å². The maximum absolute atomic E-state index is 5.26. The van der Waals surface area contributed by atoms with Gasteiger partial charge in [-0.15, -0.1) is 0 Å². The van der Waals surface area contributed by atoms with Crippen LogP contribution in [0.3, 0.4) is 0 Å². The third kappa shape index (κ3) is 4.41. The van der Waals surface area contributed by atoms with Crippen LogP contribution in [0.5, 0.6) is 5.75 Å². The lowest BCUT2D eigenvalue weighted by atomic mass is 10.0. The Morgan fingerprint density at radius 1 is 1.10 bits per heavy atom. The predicted molar refractivity (Wildman–Crippen MR) is 84.8 cm³/mol. The number of methoxy groups -OCH3 is 1. The minimum Gasteiger partial charge on any atom is -0.497 e. The average Bonchev–Trinajstić information content (AvgIpc) is 2.50. The molecule has 0 atom stereocenters. The number of unbranched alkanes of at least 4 members (excludes halogenated alkanes) is 2. The van der Waals surface area contributed by atoms with Crippen LogP contribution in [-0.4, -0.2) is 7.11 Å². The lowest BCUT2D eigenvalue weighted by molar-refractivity contribution is 0.414. The van der Waals surface area contributed by atoms with Crippen LogP contribution < -0.4 is 4.74 Å². The third-order valence-electron chi connectivity index (χ3n) is 3.49. The smallest absolute Gasteiger partial charge is 0.119 e. The fourth-order valence-electron chi connectivity index (χ4n) is 2.28. The first-order valence-corrected chi connectivity index (χ1v) is 7.14. The Morgan fingerprint density at radius 2 is 1.90 bits per heavy atom. The molecule has 0 aliphatic rings. The Labute approximate surface area is 122 Å². The SMILES string of the molecule is [CH2]c1ccc(OC)cc1CCC[CH]Cc1ccccc1. The van der Waals surface area contributed by atoms with Crippen LogP contribution in [0.1, 0.15) is 29.5 Å². The van der Waals surface area contributed by atoms with Crippen LogP contribution in [0.15, 0.2) is 48.5 Å². The maximum Gasteiger partial charge on any atom is 0.119 e. The first kappa shape index (κ1) is 14.6. The molecular weight excluding hydrogens is 244 g/mol. The van der Waals surface area contributed by atoms with Crippen molar-refractivity contribution in [2.45, 2.75) is 25.7 Å². The number of ether oxygens (including phenoxy) is 1. The molecule has 2 rings (SSSR count). The number of rotatable bonds is 7. The van der Waals surface area contributed by atoms with Crippen molar-refractivity contribution in [2.24, 2.45) is 0 Å². The predicted octanol–water partition coefficient (Wildman–Crippen LogP) is 4.65. The molecule has 0 aliphatic carbocycles. The fraction of sp³-hybridized carbons (Fsp3) is 0.263. The maximum atomic E-state index is 5.26. The molecular formula is C19H22O. The molecule has 2 aromatic rings. The van der Waals surface area contributed by atoms with Gasteiger partial charge in [-0.3, -0.25) is 0 Å². The van der Waals surface area contributed by atoms with Crippen LogP contribution >= 0.6 is 0 Å². The van der Waals surface area contributed by atoms with Crippen molar-refractivity contribution in [3.05, 3.63) is 78.6 Å². The summed E-state index contributed by atoms with van der Waals surface area (Å²) in [7, 11) is 1.70. The molecule has 1 heteroatoms. The summed E-state index contributed by atoms with van der Waals surface area (Å²) in [5.74, 6) is 0.917. The van der Waals surface area contributed by atoms with Crippen molar-refractivity contribution in [1.82, 2.24) is 0 Å². The summed E-state index contributed by atoms with van der Waals surface area (Å²) in [4.78, 5) is 0. The van der Waals surface area contributed by atoms with E-state index in [4.69, 9.17) is 4.74 Å². The Bertz CT molecular complexity index is 517. The van der Waals surface area contributed by atoms with Gasteiger partial charge in [0.15, 0.2) is 0 Å². The molecule has 2 radical (unpaired) electrons. The molecule has 2 aromatic carbocycles. The summed E-state index contributed by atoms with van der Waals surface area (Å²) in [6.07, 6.45) is 6.75. The van der Waals surface area contributed by atoms with E-state index in [9.17, 15) is 0 Å². The van der Waals surface area contributed by atoms with E-state index in [1.807, 2.05) is 12.1 Å². The average molecular weight is 266 g/mol. The minimum absolute atomic E-state index is 0.917. The van der Waals surface area contributed by atoms with E-state index in [1.54, 1.807) is 7.11 Å². The molecule has 0 bridgehead atoms. The molecule has 20 heavy (non-hydrogen) atoms. The second kappa shape index (κ2) is 7.74. The summed E-state index contributed by atoms with van der Waals surface area (Å²) < 4.78 is 5.26. The van der Waals surface area contributed by atoms with Gasteiger partial charge in [0.1, 0.15) is 5.75 Å². The molecule has 1 nitrogen and oxygen atoms in total. The van der Waals surface area contributed by atoms with Gasteiger partial charge < -0.3 is 4.74 Å². The van der Waals surface area contributed by atoms with Gasteiger partial charge in [-0.25, -0.2) is 0 Å². The number of hydrogen-bond donors (Lipinski definition) is 0. The summed E-state index contributed by atoms with van der Waals surface area (Å²) >= 11 is 0. The van der Waals surface area contributed by atoms with Crippen LogP contribution in [0.2, 0.25) is 0 Å². The minimum atomic E-state index is 0.917. The second-order valence-electron chi connectivity index (χ2n) is 5.01. The van der Waals surface area contributed by atoms with Gasteiger partial charge in [-0.1, -0.05) is 36.4 Å². The lowest BCUT2D eigenvalue weighted by Crippen LogP contribution is -1.93. The fourth-order valence-corrected chi connectivity index (χ4v) is 2.28. The van der Waals surface area contributed by atoms with Gasteiger partial charge in [0.05, 0.1) is 7.11 Å². The molecule has 104 valence electrons. The standard InChI is InChI=1S/C19H22O/c1-16-13-14-19(20-2)15-18(16)12-8-4-7-11-17-9-5-3-6-10-17/h3,5-7,9-10,13-15H,1,4,8,11-12H2,2H3. The Balaban J connectivity index is 1.73. The van der Waals surface area contributed by atoms with Crippen molar-refractivity contribution in [2.75, 3.05) is 7.11 Å². The molecule has 0 saturated carbocycles. The Kier molecular flexibility index (Phi) is 5.67. The van der Waals surface area contributed by atoms with Gasteiger partial charge in [0.2, 0.25) is 0 Å². The molecule has 0 fully saturated rings. The largest absolute Gasteiger partial charge is 0.497 e. The van der Waals surface area contributed by atoms with Crippen LogP contribution in [0.4, 0.5) is 0 Å². The molecule has 0 amide bonds. The highest BCUT2D eigenvalue weighted by Crippen LogP contribution is 2.19. The van der Waals surface area contributed by atoms with E-state index in [0.717, 1.165) is 37.0 Å². The summed E-state index contributed by atoms with van der Waals surface area (Å²) in [6.45, 7) is 4.08. The summed E-state index contributed by atoms with van der Waals surface area (Å²) in [6, 6.07) is 16.7. The van der Waals surface area contributed by atoms with E-state index in [1.165, 1.54) is 11.1 Å². The zero-order chi connectivity index (χ0) is 14.2. The molecule has 0 heterocycles. The van der Waals surface area contributed by atoms with Gasteiger partial charge in [0.25, 0.3) is 0 Å². The first-order chi connectivity index (χ1) is 9.79. The van der Waals surface area contributed by atoms with E-state index < -0.39 is 0 Å². The molecule has 0 N–H and O–H groups in total. The van der Waals surface area contributed by atoms with Crippen LogP contribution in [-0.2, 0) is 12.8 Å². The zero-order valence-corrected chi connectivity index (χ0v) is 12.1. The molecule has 0 unspecified atom stereocenters. The quantitative estimate of drug-likeness (QED) is 0.663. The molecule has 0 saturated heterocycles. The highest BCUT2D eigenvalue weighted by Gasteiger charge is 2.01. The topological polar surface area (TPSA) is 9.23 Å². The normalized spacial score (nSPS) is 10.5. The molecule has 0 aromatic heterocycles. The van der Waals surface area contributed by atoms with Crippen molar-refractivity contribution in [1.29, 1.82) is 0 Å². The second-order valence-corrected chi connectivity index (χ2v) is 5.01. The first-order valence-electron chi connectivity index (χ1n) is 7.14. The Morgan fingerprint density at radius 3 is 2.65 bits per heavy atom. The van der Waals surface area contributed by atoms with E-state index in [-0.39, 0.29) is 0 Å². The summed E-state index contributed by atoms with van der Waals surface area (Å²) in [5, 5.41) is 0.